The molecule has 1 aromatic rings. The lowest BCUT2D eigenvalue weighted by Gasteiger charge is -2.10. The standard InChI is InChI=1S/C11H15N3O3/c1-6(10(13)15)5-17-11(16)9-3-8(12)4-14-7(9)2/h3-4,6H,5,12H2,1-2H3,(H2,13,15). The molecule has 1 amide bonds. The van der Waals surface area contributed by atoms with E-state index in [1.54, 1.807) is 13.8 Å². The first-order chi connectivity index (χ1) is 7.91. The number of hydrogen-bond acceptors (Lipinski definition) is 5. The van der Waals surface area contributed by atoms with Crippen LogP contribution in [0.2, 0.25) is 0 Å². The Labute approximate surface area is 99.0 Å². The Bertz CT molecular complexity index is 446. The van der Waals surface area contributed by atoms with Gasteiger partial charge in [0.05, 0.1) is 29.1 Å². The van der Waals surface area contributed by atoms with Gasteiger partial charge in [-0.1, -0.05) is 6.92 Å². The van der Waals surface area contributed by atoms with Crippen LogP contribution in [0.1, 0.15) is 23.0 Å². The van der Waals surface area contributed by atoms with Crippen molar-refractivity contribution in [3.05, 3.63) is 23.5 Å². The highest BCUT2D eigenvalue weighted by Gasteiger charge is 2.15. The molecule has 1 rings (SSSR count). The molecular formula is C11H15N3O3. The largest absolute Gasteiger partial charge is 0.461 e. The third-order valence-electron chi connectivity index (χ3n) is 2.28. The Morgan fingerprint density at radius 2 is 2.18 bits per heavy atom. The minimum atomic E-state index is -0.560. The van der Waals surface area contributed by atoms with Crippen molar-refractivity contribution in [3.63, 3.8) is 0 Å². The molecule has 0 radical (unpaired) electrons. The number of nitrogen functional groups attached to an aromatic ring is 1. The summed E-state index contributed by atoms with van der Waals surface area (Å²) in [6.45, 7) is 3.20. The van der Waals surface area contributed by atoms with Gasteiger partial charge >= 0.3 is 5.97 Å². The number of aryl methyl sites for hydroxylation is 1. The summed E-state index contributed by atoms with van der Waals surface area (Å²) in [5.74, 6) is -1.59. The van der Waals surface area contributed by atoms with E-state index in [1.807, 2.05) is 0 Å². The zero-order valence-electron chi connectivity index (χ0n) is 9.77. The number of esters is 1. The molecule has 0 bridgehead atoms. The Kier molecular flexibility index (Phi) is 4.03. The number of ether oxygens (including phenoxy) is 1. The maximum atomic E-state index is 11.7. The number of rotatable bonds is 4. The molecule has 4 N–H and O–H groups in total. The van der Waals surface area contributed by atoms with Gasteiger partial charge in [0.15, 0.2) is 0 Å². The number of anilines is 1. The fourth-order valence-corrected chi connectivity index (χ4v) is 1.12. The number of primary amides is 1. The van der Waals surface area contributed by atoms with Gasteiger partial charge in [-0.05, 0) is 13.0 Å². The maximum Gasteiger partial charge on any atom is 0.340 e. The van der Waals surface area contributed by atoms with Crippen molar-refractivity contribution >= 4 is 17.6 Å². The SMILES string of the molecule is Cc1ncc(N)cc1C(=O)OCC(C)C(N)=O. The van der Waals surface area contributed by atoms with E-state index in [2.05, 4.69) is 4.98 Å². The molecule has 1 heterocycles. The minimum Gasteiger partial charge on any atom is -0.461 e. The first-order valence-electron chi connectivity index (χ1n) is 5.10. The minimum absolute atomic E-state index is 0.0532. The molecule has 92 valence electrons. The quantitative estimate of drug-likeness (QED) is 0.730. The molecule has 0 aliphatic rings. The molecule has 17 heavy (non-hydrogen) atoms. The zero-order valence-corrected chi connectivity index (χ0v) is 9.77. The van der Waals surface area contributed by atoms with Gasteiger partial charge in [0.1, 0.15) is 6.61 Å². The maximum absolute atomic E-state index is 11.7. The summed E-state index contributed by atoms with van der Waals surface area (Å²) in [6.07, 6.45) is 1.46. The van der Waals surface area contributed by atoms with Gasteiger partial charge in [0, 0.05) is 0 Å². The number of nitrogens with zero attached hydrogens (tertiary/aromatic N) is 1. The summed E-state index contributed by atoms with van der Waals surface area (Å²) in [4.78, 5) is 26.4. The summed E-state index contributed by atoms with van der Waals surface area (Å²) in [5.41, 5.74) is 11.8. The molecule has 0 aliphatic carbocycles. The molecule has 0 saturated heterocycles. The molecule has 0 aliphatic heterocycles. The number of carbonyl (C=O) groups is 2. The number of nitrogens with two attached hydrogens (primary N) is 2. The average Bonchev–Trinajstić information content (AvgIpc) is 2.28. The van der Waals surface area contributed by atoms with Crippen LogP contribution in [-0.4, -0.2) is 23.5 Å². The molecule has 6 heteroatoms. The Balaban J connectivity index is 2.70. The van der Waals surface area contributed by atoms with E-state index < -0.39 is 17.8 Å². The number of hydrogen-bond donors (Lipinski definition) is 2. The summed E-state index contributed by atoms with van der Waals surface area (Å²) >= 11 is 0. The summed E-state index contributed by atoms with van der Waals surface area (Å²) in [7, 11) is 0. The van der Waals surface area contributed by atoms with E-state index in [4.69, 9.17) is 16.2 Å². The number of carbonyl (C=O) groups excluding carboxylic acids is 2. The van der Waals surface area contributed by atoms with Crippen LogP contribution < -0.4 is 11.5 Å². The van der Waals surface area contributed by atoms with Crippen molar-refractivity contribution in [2.45, 2.75) is 13.8 Å². The third kappa shape index (κ3) is 3.44. The van der Waals surface area contributed by atoms with Crippen LogP contribution in [0, 0.1) is 12.8 Å². The number of amides is 1. The fraction of sp³-hybridized carbons (Fsp3) is 0.364. The predicted molar refractivity (Wildman–Crippen MR) is 62.0 cm³/mol. The van der Waals surface area contributed by atoms with E-state index in [9.17, 15) is 9.59 Å². The van der Waals surface area contributed by atoms with Gasteiger partial charge in [-0.25, -0.2) is 4.79 Å². The van der Waals surface area contributed by atoms with Crippen LogP contribution in [0.15, 0.2) is 12.3 Å². The van der Waals surface area contributed by atoms with Crippen molar-refractivity contribution in [3.8, 4) is 0 Å². The second-order valence-electron chi connectivity index (χ2n) is 3.80. The summed E-state index contributed by atoms with van der Waals surface area (Å²) in [6, 6.07) is 1.49. The lowest BCUT2D eigenvalue weighted by atomic mass is 10.2. The molecule has 0 saturated carbocycles. The van der Waals surface area contributed by atoms with Crippen molar-refractivity contribution in [1.82, 2.24) is 4.98 Å². The number of aromatic nitrogens is 1. The molecule has 1 unspecified atom stereocenters. The summed E-state index contributed by atoms with van der Waals surface area (Å²) < 4.78 is 4.95. The van der Waals surface area contributed by atoms with Crippen LogP contribution in [0.5, 0.6) is 0 Å². The van der Waals surface area contributed by atoms with Gasteiger partial charge < -0.3 is 16.2 Å². The smallest absolute Gasteiger partial charge is 0.340 e. The van der Waals surface area contributed by atoms with Gasteiger partial charge in [-0.3, -0.25) is 9.78 Å². The van der Waals surface area contributed by atoms with E-state index in [0.29, 0.717) is 16.9 Å². The van der Waals surface area contributed by atoms with Gasteiger partial charge in [0.25, 0.3) is 0 Å². The first-order valence-corrected chi connectivity index (χ1v) is 5.10. The second kappa shape index (κ2) is 5.29. The van der Waals surface area contributed by atoms with E-state index in [-0.39, 0.29) is 6.61 Å². The Hall–Kier alpha value is -2.11. The molecule has 6 nitrogen and oxygen atoms in total. The van der Waals surface area contributed by atoms with Crippen molar-refractivity contribution in [2.24, 2.45) is 11.7 Å². The molecular weight excluding hydrogens is 222 g/mol. The third-order valence-corrected chi connectivity index (χ3v) is 2.28. The van der Waals surface area contributed by atoms with Gasteiger partial charge in [-0.2, -0.15) is 0 Å². The van der Waals surface area contributed by atoms with Crippen LogP contribution in [-0.2, 0) is 9.53 Å². The Morgan fingerprint density at radius 1 is 1.53 bits per heavy atom. The highest BCUT2D eigenvalue weighted by atomic mass is 16.5. The van der Waals surface area contributed by atoms with E-state index in [0.717, 1.165) is 0 Å². The fourth-order valence-electron chi connectivity index (χ4n) is 1.12. The second-order valence-corrected chi connectivity index (χ2v) is 3.80. The van der Waals surface area contributed by atoms with Crippen molar-refractivity contribution in [1.29, 1.82) is 0 Å². The molecule has 1 aromatic heterocycles. The molecule has 1 atom stereocenters. The van der Waals surface area contributed by atoms with Crippen LogP contribution >= 0.6 is 0 Å². The molecule has 0 spiro atoms. The van der Waals surface area contributed by atoms with Crippen molar-refractivity contribution in [2.75, 3.05) is 12.3 Å². The normalized spacial score (nSPS) is 11.9. The van der Waals surface area contributed by atoms with E-state index >= 15 is 0 Å². The topological polar surface area (TPSA) is 108 Å². The van der Waals surface area contributed by atoms with Gasteiger partial charge in [0.2, 0.25) is 5.91 Å². The number of pyridine rings is 1. The summed E-state index contributed by atoms with van der Waals surface area (Å²) in [5, 5.41) is 0. The molecule has 0 fully saturated rings. The van der Waals surface area contributed by atoms with Crippen LogP contribution in [0.25, 0.3) is 0 Å². The molecule has 0 aromatic carbocycles. The van der Waals surface area contributed by atoms with Crippen LogP contribution in [0.4, 0.5) is 5.69 Å². The highest BCUT2D eigenvalue weighted by molar-refractivity contribution is 5.91. The van der Waals surface area contributed by atoms with E-state index in [1.165, 1.54) is 12.3 Å². The zero-order chi connectivity index (χ0) is 13.0. The average molecular weight is 237 g/mol. The lowest BCUT2D eigenvalue weighted by molar-refractivity contribution is -0.122. The van der Waals surface area contributed by atoms with Gasteiger partial charge in [-0.15, -0.1) is 0 Å². The highest BCUT2D eigenvalue weighted by Crippen LogP contribution is 2.11. The van der Waals surface area contributed by atoms with Crippen molar-refractivity contribution < 1.29 is 14.3 Å². The lowest BCUT2D eigenvalue weighted by Crippen LogP contribution is -2.26. The monoisotopic (exact) mass is 237 g/mol. The van der Waals surface area contributed by atoms with Crippen LogP contribution in [0.3, 0.4) is 0 Å². The first kappa shape index (κ1) is 13.0. The Morgan fingerprint density at radius 3 is 2.76 bits per heavy atom. The predicted octanol–water partition coefficient (Wildman–Crippen LogP) is 0.250.